The molecule has 1 aromatic heterocycles. The van der Waals surface area contributed by atoms with Crippen molar-refractivity contribution in [2.24, 2.45) is 0 Å². The predicted octanol–water partition coefficient (Wildman–Crippen LogP) is 1.97. The number of phenolic OH excluding ortho intramolecular Hbond substituents is 1. The summed E-state index contributed by atoms with van der Waals surface area (Å²) in [7, 11) is 0. The van der Waals surface area contributed by atoms with Gasteiger partial charge in [-0.25, -0.2) is 0 Å². The van der Waals surface area contributed by atoms with Gasteiger partial charge in [0.1, 0.15) is 5.76 Å². The van der Waals surface area contributed by atoms with Crippen molar-refractivity contribution in [3.05, 3.63) is 30.0 Å². The minimum atomic E-state index is 0.204. The summed E-state index contributed by atoms with van der Waals surface area (Å²) in [6.45, 7) is 4.21. The van der Waals surface area contributed by atoms with Gasteiger partial charge >= 0.3 is 0 Å². The van der Waals surface area contributed by atoms with Crippen LogP contribution in [0.1, 0.15) is 5.76 Å². The van der Waals surface area contributed by atoms with Gasteiger partial charge in [-0.3, -0.25) is 4.90 Å². The molecular formula is C13H15NO3. The zero-order chi connectivity index (χ0) is 11.7. The summed E-state index contributed by atoms with van der Waals surface area (Å²) in [6.07, 6.45) is 0. The Hall–Kier alpha value is -1.52. The van der Waals surface area contributed by atoms with Gasteiger partial charge in [0.15, 0.2) is 11.3 Å². The molecule has 0 unspecified atom stereocenters. The molecule has 0 amide bonds. The highest BCUT2D eigenvalue weighted by atomic mass is 16.5. The molecule has 4 nitrogen and oxygen atoms in total. The standard InChI is InChI=1S/C13H15NO3/c15-12-3-1-2-10-8-11(17-13(10)12)9-14-4-6-16-7-5-14/h1-3,8,15H,4-7,9H2. The van der Waals surface area contributed by atoms with Gasteiger partial charge < -0.3 is 14.3 Å². The second kappa shape index (κ2) is 4.39. The molecule has 1 fully saturated rings. The molecule has 1 aliphatic rings. The molecule has 0 atom stereocenters. The molecule has 90 valence electrons. The van der Waals surface area contributed by atoms with Gasteiger partial charge in [-0.15, -0.1) is 0 Å². The molecule has 0 radical (unpaired) electrons. The van der Waals surface area contributed by atoms with E-state index in [1.54, 1.807) is 6.07 Å². The van der Waals surface area contributed by atoms with Crippen LogP contribution in [0.25, 0.3) is 11.0 Å². The van der Waals surface area contributed by atoms with Crippen LogP contribution in [-0.4, -0.2) is 36.3 Å². The van der Waals surface area contributed by atoms with E-state index in [0.29, 0.717) is 5.58 Å². The highest BCUT2D eigenvalue weighted by molar-refractivity contribution is 5.83. The van der Waals surface area contributed by atoms with E-state index in [4.69, 9.17) is 9.15 Å². The summed E-state index contributed by atoms with van der Waals surface area (Å²) >= 11 is 0. The lowest BCUT2D eigenvalue weighted by Crippen LogP contribution is -2.35. The van der Waals surface area contributed by atoms with Gasteiger partial charge in [0, 0.05) is 18.5 Å². The number of rotatable bonds is 2. The number of ether oxygens (including phenoxy) is 1. The lowest BCUT2D eigenvalue weighted by molar-refractivity contribution is 0.0315. The highest BCUT2D eigenvalue weighted by Gasteiger charge is 2.14. The molecule has 2 heterocycles. The van der Waals surface area contributed by atoms with Crippen molar-refractivity contribution in [1.29, 1.82) is 0 Å². The Balaban J connectivity index is 1.83. The van der Waals surface area contributed by atoms with Crippen molar-refractivity contribution in [2.75, 3.05) is 26.3 Å². The highest BCUT2D eigenvalue weighted by Crippen LogP contribution is 2.28. The monoisotopic (exact) mass is 233 g/mol. The van der Waals surface area contributed by atoms with Crippen molar-refractivity contribution in [1.82, 2.24) is 4.90 Å². The minimum Gasteiger partial charge on any atom is -0.504 e. The average Bonchev–Trinajstić information content (AvgIpc) is 2.74. The molecule has 0 spiro atoms. The maximum Gasteiger partial charge on any atom is 0.175 e. The van der Waals surface area contributed by atoms with Gasteiger partial charge in [0.2, 0.25) is 0 Å². The first-order valence-electron chi connectivity index (χ1n) is 5.83. The average molecular weight is 233 g/mol. The molecule has 2 aromatic rings. The fraction of sp³-hybridized carbons (Fsp3) is 0.385. The molecule has 0 aliphatic carbocycles. The number of fused-ring (bicyclic) bond motifs is 1. The normalized spacial score (nSPS) is 17.6. The quantitative estimate of drug-likeness (QED) is 0.861. The Morgan fingerprint density at radius 2 is 2.06 bits per heavy atom. The van der Waals surface area contributed by atoms with Crippen LogP contribution < -0.4 is 0 Å². The smallest absolute Gasteiger partial charge is 0.175 e. The third-order valence-electron chi connectivity index (χ3n) is 3.06. The zero-order valence-electron chi connectivity index (χ0n) is 9.56. The first-order chi connectivity index (χ1) is 8.33. The lowest BCUT2D eigenvalue weighted by Gasteiger charge is -2.25. The molecule has 3 rings (SSSR count). The second-order valence-corrected chi connectivity index (χ2v) is 4.30. The summed E-state index contributed by atoms with van der Waals surface area (Å²) in [5.74, 6) is 1.10. The number of hydrogen-bond acceptors (Lipinski definition) is 4. The second-order valence-electron chi connectivity index (χ2n) is 4.30. The van der Waals surface area contributed by atoms with Crippen LogP contribution >= 0.6 is 0 Å². The molecule has 1 aromatic carbocycles. The zero-order valence-corrected chi connectivity index (χ0v) is 9.56. The van der Waals surface area contributed by atoms with E-state index >= 15 is 0 Å². The Morgan fingerprint density at radius 3 is 2.82 bits per heavy atom. The molecule has 1 saturated heterocycles. The molecule has 17 heavy (non-hydrogen) atoms. The fourth-order valence-corrected chi connectivity index (χ4v) is 2.16. The third kappa shape index (κ3) is 2.14. The van der Waals surface area contributed by atoms with Crippen molar-refractivity contribution in [3.8, 4) is 5.75 Å². The number of hydrogen-bond donors (Lipinski definition) is 1. The van der Waals surface area contributed by atoms with Crippen molar-refractivity contribution < 1.29 is 14.3 Å². The van der Waals surface area contributed by atoms with Gasteiger partial charge in [0.25, 0.3) is 0 Å². The van der Waals surface area contributed by atoms with Gasteiger partial charge in [-0.1, -0.05) is 12.1 Å². The Kier molecular flexibility index (Phi) is 2.74. The van der Waals surface area contributed by atoms with E-state index in [1.165, 1.54) is 0 Å². The molecule has 0 saturated carbocycles. The van der Waals surface area contributed by atoms with E-state index in [2.05, 4.69) is 4.90 Å². The van der Waals surface area contributed by atoms with E-state index < -0.39 is 0 Å². The number of nitrogens with zero attached hydrogens (tertiary/aromatic N) is 1. The summed E-state index contributed by atoms with van der Waals surface area (Å²) in [5, 5.41) is 10.6. The van der Waals surface area contributed by atoms with Gasteiger partial charge in [-0.2, -0.15) is 0 Å². The maximum atomic E-state index is 9.66. The van der Waals surface area contributed by atoms with E-state index in [9.17, 15) is 5.11 Å². The maximum absolute atomic E-state index is 9.66. The summed E-state index contributed by atoms with van der Waals surface area (Å²) in [4.78, 5) is 2.29. The van der Waals surface area contributed by atoms with Crippen LogP contribution in [0.5, 0.6) is 5.75 Å². The van der Waals surface area contributed by atoms with Crippen LogP contribution in [0.15, 0.2) is 28.7 Å². The van der Waals surface area contributed by atoms with Crippen LogP contribution in [0.2, 0.25) is 0 Å². The number of furan rings is 1. The SMILES string of the molecule is Oc1cccc2cc(CN3CCOCC3)oc12. The number of phenols is 1. The predicted molar refractivity (Wildman–Crippen MR) is 64.0 cm³/mol. The third-order valence-corrected chi connectivity index (χ3v) is 3.06. The number of aromatic hydroxyl groups is 1. The molecular weight excluding hydrogens is 218 g/mol. The van der Waals surface area contributed by atoms with Crippen LogP contribution in [0.4, 0.5) is 0 Å². The van der Waals surface area contributed by atoms with Gasteiger partial charge in [0.05, 0.1) is 19.8 Å². The van der Waals surface area contributed by atoms with Crippen LogP contribution in [0, 0.1) is 0 Å². The molecule has 1 aliphatic heterocycles. The number of morpholine rings is 1. The topological polar surface area (TPSA) is 45.8 Å². The van der Waals surface area contributed by atoms with Crippen molar-refractivity contribution in [3.63, 3.8) is 0 Å². The summed E-state index contributed by atoms with van der Waals surface area (Å²) in [6, 6.07) is 7.40. The van der Waals surface area contributed by atoms with Gasteiger partial charge in [-0.05, 0) is 12.1 Å². The first kappa shape index (κ1) is 10.6. The number of para-hydroxylation sites is 1. The fourth-order valence-electron chi connectivity index (χ4n) is 2.16. The summed E-state index contributed by atoms with van der Waals surface area (Å²) in [5.41, 5.74) is 0.579. The van der Waals surface area contributed by atoms with Crippen LogP contribution in [0.3, 0.4) is 0 Å². The first-order valence-corrected chi connectivity index (χ1v) is 5.83. The molecule has 4 heteroatoms. The summed E-state index contributed by atoms with van der Waals surface area (Å²) < 4.78 is 11.0. The lowest BCUT2D eigenvalue weighted by atomic mass is 10.2. The van der Waals surface area contributed by atoms with Crippen molar-refractivity contribution >= 4 is 11.0 Å². The number of benzene rings is 1. The molecule has 1 N–H and O–H groups in total. The van der Waals surface area contributed by atoms with Crippen LogP contribution in [-0.2, 0) is 11.3 Å². The Bertz CT molecular complexity index is 514. The molecule has 0 bridgehead atoms. The van der Waals surface area contributed by atoms with E-state index in [-0.39, 0.29) is 5.75 Å². The van der Waals surface area contributed by atoms with E-state index in [0.717, 1.165) is 44.0 Å². The largest absolute Gasteiger partial charge is 0.504 e. The van der Waals surface area contributed by atoms with Crippen molar-refractivity contribution in [2.45, 2.75) is 6.54 Å². The Labute approximate surface area is 99.4 Å². The Morgan fingerprint density at radius 1 is 1.24 bits per heavy atom. The van der Waals surface area contributed by atoms with E-state index in [1.807, 2.05) is 18.2 Å². The minimum absolute atomic E-state index is 0.204.